The molecule has 144 valence electrons. The lowest BCUT2D eigenvalue weighted by atomic mass is 10.2. The van der Waals surface area contributed by atoms with Crippen LogP contribution in [-0.4, -0.2) is 34.9 Å². The van der Waals surface area contributed by atoms with Crippen LogP contribution in [0.5, 0.6) is 0 Å². The molecule has 0 saturated carbocycles. The molecule has 2 aromatic rings. The van der Waals surface area contributed by atoms with Gasteiger partial charge in [0.2, 0.25) is 10.0 Å². The molecular weight excluding hydrogens is 388 g/mol. The van der Waals surface area contributed by atoms with Gasteiger partial charge in [-0.3, -0.25) is 13.8 Å². The second kappa shape index (κ2) is 6.97. The molecule has 2 aromatic carbocycles. The number of hydrogen-bond acceptors (Lipinski definition) is 5. The predicted octanol–water partition coefficient (Wildman–Crippen LogP) is 2.54. The maximum atomic E-state index is 12.7. The molecule has 9 heteroatoms. The second-order valence-electron chi connectivity index (χ2n) is 6.43. The Morgan fingerprint density at radius 2 is 1.89 bits per heavy atom. The summed E-state index contributed by atoms with van der Waals surface area (Å²) in [6.07, 6.45) is 0.537. The minimum absolute atomic E-state index is 0.0335. The van der Waals surface area contributed by atoms with E-state index in [1.54, 1.807) is 25.1 Å². The molecule has 1 fully saturated rings. The van der Waals surface area contributed by atoms with Gasteiger partial charge in [-0.1, -0.05) is 18.2 Å². The first-order valence-electron chi connectivity index (χ1n) is 8.35. The van der Waals surface area contributed by atoms with Crippen molar-refractivity contribution in [1.82, 2.24) is 0 Å². The highest BCUT2D eigenvalue weighted by atomic mass is 32.2. The normalized spacial score (nSPS) is 16.3. The minimum Gasteiger partial charge on any atom is -0.295 e. The van der Waals surface area contributed by atoms with Crippen LogP contribution in [0.25, 0.3) is 0 Å². The monoisotopic (exact) mass is 408 g/mol. The van der Waals surface area contributed by atoms with Gasteiger partial charge in [0.1, 0.15) is 0 Å². The van der Waals surface area contributed by atoms with Crippen molar-refractivity contribution in [3.63, 3.8) is 0 Å². The van der Waals surface area contributed by atoms with E-state index in [4.69, 9.17) is 0 Å². The van der Waals surface area contributed by atoms with Crippen LogP contribution in [0.1, 0.15) is 29.3 Å². The zero-order valence-electron chi connectivity index (χ0n) is 15.0. The summed E-state index contributed by atoms with van der Waals surface area (Å²) in [4.78, 5) is 11.5. The lowest BCUT2D eigenvalue weighted by Crippen LogP contribution is -2.25. The molecule has 1 heterocycles. The summed E-state index contributed by atoms with van der Waals surface area (Å²) < 4.78 is 53.5. The largest absolute Gasteiger partial charge is 0.295 e. The van der Waals surface area contributed by atoms with Gasteiger partial charge in [-0.05, 0) is 50.1 Å². The van der Waals surface area contributed by atoms with Gasteiger partial charge in [-0.2, -0.15) is 0 Å². The van der Waals surface area contributed by atoms with Crippen molar-refractivity contribution in [3.8, 4) is 0 Å². The van der Waals surface area contributed by atoms with Crippen LogP contribution >= 0.6 is 0 Å². The maximum Gasteiger partial charge on any atom is 0.261 e. The van der Waals surface area contributed by atoms with Gasteiger partial charge in [-0.25, -0.2) is 16.8 Å². The Bertz CT molecular complexity index is 1110. The van der Waals surface area contributed by atoms with E-state index in [0.717, 1.165) is 0 Å². The highest BCUT2D eigenvalue weighted by Crippen LogP contribution is 2.30. The lowest BCUT2D eigenvalue weighted by molar-refractivity contribution is 0.101. The molecule has 0 spiro atoms. The van der Waals surface area contributed by atoms with E-state index in [-0.39, 0.29) is 16.4 Å². The van der Waals surface area contributed by atoms with Crippen LogP contribution in [0.4, 0.5) is 11.4 Å². The highest BCUT2D eigenvalue weighted by Gasteiger charge is 2.29. The van der Waals surface area contributed by atoms with E-state index in [1.165, 1.54) is 35.5 Å². The second-order valence-corrected chi connectivity index (χ2v) is 10.1. The summed E-state index contributed by atoms with van der Waals surface area (Å²) in [5, 5.41) is 0. The zero-order valence-corrected chi connectivity index (χ0v) is 16.6. The van der Waals surface area contributed by atoms with Gasteiger partial charge >= 0.3 is 0 Å². The van der Waals surface area contributed by atoms with Crippen molar-refractivity contribution in [3.05, 3.63) is 53.6 Å². The fourth-order valence-electron chi connectivity index (χ4n) is 2.89. The first-order valence-corrected chi connectivity index (χ1v) is 11.4. The van der Waals surface area contributed by atoms with Crippen LogP contribution in [0.2, 0.25) is 0 Å². The first kappa shape index (κ1) is 19.4. The summed E-state index contributed by atoms with van der Waals surface area (Å²) in [5.74, 6) is -0.149. The number of carbonyl (C=O) groups excluding carboxylic acids is 1. The molecule has 0 amide bonds. The topological polar surface area (TPSA) is 101 Å². The number of Topliss-reactive ketones (excluding diaryl/α,β-unsaturated/α-hetero) is 1. The van der Waals surface area contributed by atoms with Gasteiger partial charge in [0.25, 0.3) is 10.0 Å². The number of rotatable bonds is 5. The van der Waals surface area contributed by atoms with Crippen molar-refractivity contribution in [2.24, 2.45) is 0 Å². The summed E-state index contributed by atoms with van der Waals surface area (Å²) in [7, 11) is -7.29. The van der Waals surface area contributed by atoms with Crippen molar-refractivity contribution in [2.45, 2.75) is 25.2 Å². The average Bonchev–Trinajstić information content (AvgIpc) is 2.96. The van der Waals surface area contributed by atoms with Crippen LogP contribution in [0.15, 0.2) is 47.4 Å². The van der Waals surface area contributed by atoms with Crippen LogP contribution in [-0.2, 0) is 20.0 Å². The molecule has 0 radical (unpaired) electrons. The predicted molar refractivity (Wildman–Crippen MR) is 104 cm³/mol. The Hall–Kier alpha value is -2.39. The fraction of sp³-hybridized carbons (Fsp3) is 0.278. The molecule has 0 aliphatic carbocycles. The quantitative estimate of drug-likeness (QED) is 0.766. The number of ketones is 1. The Kier molecular flexibility index (Phi) is 5.00. The molecule has 7 nitrogen and oxygen atoms in total. The molecule has 0 aromatic heterocycles. The maximum absolute atomic E-state index is 12.7. The number of carbonyl (C=O) groups is 1. The van der Waals surface area contributed by atoms with E-state index < -0.39 is 20.0 Å². The number of hydrogen-bond donors (Lipinski definition) is 1. The number of benzene rings is 2. The molecular formula is C18H20N2O5S2. The SMILES string of the molecule is CC(=O)c1cccc(S(=O)(=O)Nc2cc(N3CCCS3(=O)=O)ccc2C)c1. The number of nitrogens with zero attached hydrogens (tertiary/aromatic N) is 1. The Morgan fingerprint density at radius 1 is 1.15 bits per heavy atom. The minimum atomic E-state index is -3.93. The summed E-state index contributed by atoms with van der Waals surface area (Å²) >= 11 is 0. The first-order chi connectivity index (χ1) is 12.6. The molecule has 1 aliphatic heterocycles. The van der Waals surface area contributed by atoms with E-state index in [9.17, 15) is 21.6 Å². The summed E-state index contributed by atoms with van der Waals surface area (Å²) in [5.41, 5.74) is 1.67. The van der Waals surface area contributed by atoms with Gasteiger partial charge < -0.3 is 0 Å². The van der Waals surface area contributed by atoms with E-state index in [1.807, 2.05) is 0 Å². The van der Waals surface area contributed by atoms with E-state index in [2.05, 4.69) is 4.72 Å². The Morgan fingerprint density at radius 3 is 2.52 bits per heavy atom. The fourth-order valence-corrected chi connectivity index (χ4v) is 5.61. The molecule has 1 aliphatic rings. The number of anilines is 2. The number of aryl methyl sites for hydroxylation is 1. The molecule has 0 unspecified atom stereocenters. The third-order valence-corrected chi connectivity index (χ3v) is 7.64. The van der Waals surface area contributed by atoms with E-state index >= 15 is 0 Å². The molecule has 1 saturated heterocycles. The van der Waals surface area contributed by atoms with Gasteiger partial charge in [-0.15, -0.1) is 0 Å². The summed E-state index contributed by atoms with van der Waals surface area (Å²) in [6, 6.07) is 10.6. The molecule has 0 atom stereocenters. The lowest BCUT2D eigenvalue weighted by Gasteiger charge is -2.19. The smallest absolute Gasteiger partial charge is 0.261 e. The number of nitrogens with one attached hydrogen (secondary N) is 1. The van der Waals surface area contributed by atoms with E-state index in [0.29, 0.717) is 35.5 Å². The van der Waals surface area contributed by atoms with Crippen molar-refractivity contribution in [1.29, 1.82) is 0 Å². The third kappa shape index (κ3) is 3.98. The summed E-state index contributed by atoms with van der Waals surface area (Å²) in [6.45, 7) is 3.47. The molecule has 3 rings (SSSR count). The standard InChI is InChI=1S/C18H20N2O5S2/c1-13-7-8-16(20-9-4-10-26(20,22)23)12-18(13)19-27(24,25)17-6-3-5-15(11-17)14(2)21/h3,5-8,11-12,19H,4,9-10H2,1-2H3. The van der Waals surface area contributed by atoms with Crippen molar-refractivity contribution < 1.29 is 21.6 Å². The third-order valence-electron chi connectivity index (χ3n) is 4.40. The zero-order chi connectivity index (χ0) is 19.8. The average molecular weight is 409 g/mol. The molecule has 1 N–H and O–H groups in total. The highest BCUT2D eigenvalue weighted by molar-refractivity contribution is 7.93. The van der Waals surface area contributed by atoms with Gasteiger partial charge in [0.05, 0.1) is 22.0 Å². The molecule has 27 heavy (non-hydrogen) atoms. The van der Waals surface area contributed by atoms with Crippen LogP contribution in [0.3, 0.4) is 0 Å². The van der Waals surface area contributed by atoms with Crippen molar-refractivity contribution >= 4 is 37.2 Å². The van der Waals surface area contributed by atoms with Gasteiger partial charge in [0, 0.05) is 12.1 Å². The Labute approximate surface area is 159 Å². The Balaban J connectivity index is 1.96. The molecule has 0 bridgehead atoms. The van der Waals surface area contributed by atoms with Crippen LogP contribution < -0.4 is 9.03 Å². The van der Waals surface area contributed by atoms with Crippen molar-refractivity contribution in [2.75, 3.05) is 21.3 Å². The number of sulfonamides is 2. The van der Waals surface area contributed by atoms with Crippen LogP contribution in [0, 0.1) is 6.92 Å². The van der Waals surface area contributed by atoms with Gasteiger partial charge in [0.15, 0.2) is 5.78 Å².